The maximum Gasteiger partial charge on any atom is 0.404 e. The van der Waals surface area contributed by atoms with Gasteiger partial charge in [-0.05, 0) is 30.2 Å². The quantitative estimate of drug-likeness (QED) is 0.481. The van der Waals surface area contributed by atoms with E-state index in [2.05, 4.69) is 10.1 Å². The van der Waals surface area contributed by atoms with Crippen molar-refractivity contribution in [3.8, 4) is 0 Å². The van der Waals surface area contributed by atoms with E-state index in [1.807, 2.05) is 6.92 Å². The number of hydrogen-bond acceptors (Lipinski definition) is 5. The maximum atomic E-state index is 12.0. The second kappa shape index (κ2) is 8.80. The van der Waals surface area contributed by atoms with Crippen LogP contribution in [-0.2, 0) is 15.9 Å². The molecule has 0 saturated heterocycles. The predicted octanol–water partition coefficient (Wildman–Crippen LogP) is 0.673. The molecule has 1 aromatic rings. The van der Waals surface area contributed by atoms with Gasteiger partial charge in [-0.2, -0.15) is 0 Å². The van der Waals surface area contributed by atoms with Crippen LogP contribution in [0.15, 0.2) is 18.2 Å². The lowest BCUT2D eigenvalue weighted by Gasteiger charge is -2.10. The molecule has 116 valence electrons. The number of ether oxygens (including phenoxy) is 2. The maximum absolute atomic E-state index is 12.0. The Morgan fingerprint density at radius 2 is 2.00 bits per heavy atom. The number of carbonyl (C=O) groups excluding carboxylic acids is 2. The van der Waals surface area contributed by atoms with Gasteiger partial charge in [-0.1, -0.05) is 6.92 Å². The van der Waals surface area contributed by atoms with Gasteiger partial charge in [0.25, 0.3) is 5.91 Å². The molecule has 1 rings (SSSR count). The highest BCUT2D eigenvalue weighted by atomic mass is 16.6. The van der Waals surface area contributed by atoms with Gasteiger partial charge in [0.15, 0.2) is 0 Å². The average Bonchev–Trinajstić information content (AvgIpc) is 2.45. The van der Waals surface area contributed by atoms with Gasteiger partial charge in [-0.3, -0.25) is 4.79 Å². The standard InChI is InChI=1S/C14H21N3O4/c1-2-10-9-11(15)3-4-12(10)13(18)17-5-6-20-7-8-21-14(16)19/h3-4,9H,2,5-8,15H2,1H3,(H2,16,19)(H,17,18). The Kier molecular flexibility index (Phi) is 7.03. The van der Waals surface area contributed by atoms with Gasteiger partial charge >= 0.3 is 6.09 Å². The lowest BCUT2D eigenvalue weighted by molar-refractivity contribution is 0.0745. The summed E-state index contributed by atoms with van der Waals surface area (Å²) in [6.45, 7) is 2.99. The Bertz CT molecular complexity index is 491. The number of primary amides is 1. The number of anilines is 1. The Morgan fingerprint density at radius 3 is 2.67 bits per heavy atom. The molecule has 0 aliphatic carbocycles. The average molecular weight is 295 g/mol. The first-order valence-corrected chi connectivity index (χ1v) is 6.71. The first kappa shape index (κ1) is 16.8. The summed E-state index contributed by atoms with van der Waals surface area (Å²) >= 11 is 0. The Morgan fingerprint density at radius 1 is 1.24 bits per heavy atom. The molecule has 0 atom stereocenters. The zero-order valence-electron chi connectivity index (χ0n) is 12.1. The number of rotatable bonds is 8. The number of aryl methyl sites for hydroxylation is 1. The van der Waals surface area contributed by atoms with E-state index in [4.69, 9.17) is 16.2 Å². The summed E-state index contributed by atoms with van der Waals surface area (Å²) in [6.07, 6.45) is -0.100. The van der Waals surface area contributed by atoms with Crippen molar-refractivity contribution < 1.29 is 19.1 Å². The molecule has 0 heterocycles. The molecule has 5 N–H and O–H groups in total. The third kappa shape index (κ3) is 6.13. The van der Waals surface area contributed by atoms with Gasteiger partial charge in [0.1, 0.15) is 6.61 Å². The zero-order chi connectivity index (χ0) is 15.7. The van der Waals surface area contributed by atoms with E-state index in [1.54, 1.807) is 18.2 Å². The molecular formula is C14H21N3O4. The van der Waals surface area contributed by atoms with Crippen LogP contribution in [0.5, 0.6) is 0 Å². The van der Waals surface area contributed by atoms with E-state index in [0.29, 0.717) is 24.4 Å². The second-order valence-electron chi connectivity index (χ2n) is 4.31. The van der Waals surface area contributed by atoms with Crippen molar-refractivity contribution >= 4 is 17.7 Å². The first-order valence-electron chi connectivity index (χ1n) is 6.71. The molecule has 0 unspecified atom stereocenters. The Balaban J connectivity index is 2.29. The molecule has 0 spiro atoms. The smallest absolute Gasteiger partial charge is 0.404 e. The molecule has 0 bridgehead atoms. The van der Waals surface area contributed by atoms with Crippen LogP contribution in [0, 0.1) is 0 Å². The fraction of sp³-hybridized carbons (Fsp3) is 0.429. The number of hydrogen-bond donors (Lipinski definition) is 3. The van der Waals surface area contributed by atoms with Gasteiger partial charge in [-0.15, -0.1) is 0 Å². The summed E-state index contributed by atoms with van der Waals surface area (Å²) in [5.74, 6) is -0.163. The number of benzene rings is 1. The lowest BCUT2D eigenvalue weighted by atomic mass is 10.0. The van der Waals surface area contributed by atoms with Crippen LogP contribution in [0.4, 0.5) is 10.5 Å². The molecule has 21 heavy (non-hydrogen) atoms. The van der Waals surface area contributed by atoms with Crippen LogP contribution in [0.3, 0.4) is 0 Å². The van der Waals surface area contributed by atoms with E-state index in [-0.39, 0.29) is 19.1 Å². The van der Waals surface area contributed by atoms with Crippen LogP contribution in [0.2, 0.25) is 0 Å². The minimum atomic E-state index is -0.831. The first-order chi connectivity index (χ1) is 10.0. The van der Waals surface area contributed by atoms with Crippen LogP contribution in [0.1, 0.15) is 22.8 Å². The molecule has 0 aliphatic rings. The minimum Gasteiger partial charge on any atom is -0.447 e. The molecule has 0 saturated carbocycles. The highest BCUT2D eigenvalue weighted by Gasteiger charge is 2.09. The molecule has 0 fully saturated rings. The van der Waals surface area contributed by atoms with Crippen molar-refractivity contribution in [1.29, 1.82) is 0 Å². The van der Waals surface area contributed by atoms with Gasteiger partial charge in [-0.25, -0.2) is 4.79 Å². The fourth-order valence-electron chi connectivity index (χ4n) is 1.76. The molecule has 7 heteroatoms. The van der Waals surface area contributed by atoms with E-state index in [9.17, 15) is 9.59 Å². The largest absolute Gasteiger partial charge is 0.447 e. The highest BCUT2D eigenvalue weighted by molar-refractivity contribution is 5.96. The van der Waals surface area contributed by atoms with E-state index >= 15 is 0 Å². The fourth-order valence-corrected chi connectivity index (χ4v) is 1.76. The molecule has 0 aliphatic heterocycles. The summed E-state index contributed by atoms with van der Waals surface area (Å²) in [4.78, 5) is 22.3. The second-order valence-corrected chi connectivity index (χ2v) is 4.31. The normalized spacial score (nSPS) is 10.1. The predicted molar refractivity (Wildman–Crippen MR) is 78.9 cm³/mol. The monoisotopic (exact) mass is 295 g/mol. The molecule has 2 amide bonds. The highest BCUT2D eigenvalue weighted by Crippen LogP contribution is 2.14. The van der Waals surface area contributed by atoms with Crippen molar-refractivity contribution in [2.24, 2.45) is 5.73 Å². The van der Waals surface area contributed by atoms with Crippen molar-refractivity contribution in [2.75, 3.05) is 32.1 Å². The molecule has 7 nitrogen and oxygen atoms in total. The molecule has 0 aromatic heterocycles. The topological polar surface area (TPSA) is 117 Å². The molecular weight excluding hydrogens is 274 g/mol. The Labute approximate surface area is 123 Å². The molecule has 1 aromatic carbocycles. The van der Waals surface area contributed by atoms with Gasteiger partial charge < -0.3 is 26.3 Å². The third-order valence-corrected chi connectivity index (χ3v) is 2.76. The minimum absolute atomic E-state index is 0.0984. The SMILES string of the molecule is CCc1cc(N)ccc1C(=O)NCCOCCOC(N)=O. The number of nitrogens with one attached hydrogen (secondary N) is 1. The van der Waals surface area contributed by atoms with Gasteiger partial charge in [0.05, 0.1) is 13.2 Å². The van der Waals surface area contributed by atoms with Crippen LogP contribution >= 0.6 is 0 Å². The Hall–Kier alpha value is -2.28. The number of amides is 2. The number of nitrogen functional groups attached to an aromatic ring is 1. The van der Waals surface area contributed by atoms with Gasteiger partial charge in [0, 0.05) is 17.8 Å². The third-order valence-electron chi connectivity index (χ3n) is 2.76. The van der Waals surface area contributed by atoms with Crippen LogP contribution < -0.4 is 16.8 Å². The van der Waals surface area contributed by atoms with Crippen LogP contribution in [0.25, 0.3) is 0 Å². The summed E-state index contributed by atoms with van der Waals surface area (Å²) in [5, 5.41) is 2.76. The van der Waals surface area contributed by atoms with Crippen molar-refractivity contribution in [3.05, 3.63) is 29.3 Å². The summed E-state index contributed by atoms with van der Waals surface area (Å²) in [5.41, 5.74) is 12.6. The summed E-state index contributed by atoms with van der Waals surface area (Å²) in [6, 6.07) is 5.21. The summed E-state index contributed by atoms with van der Waals surface area (Å²) in [7, 11) is 0. The number of nitrogens with two attached hydrogens (primary N) is 2. The van der Waals surface area contributed by atoms with Crippen LogP contribution in [-0.4, -0.2) is 38.4 Å². The summed E-state index contributed by atoms with van der Waals surface area (Å²) < 4.78 is 9.67. The number of carbonyl (C=O) groups is 2. The van der Waals surface area contributed by atoms with Crippen molar-refractivity contribution in [2.45, 2.75) is 13.3 Å². The van der Waals surface area contributed by atoms with E-state index in [0.717, 1.165) is 12.0 Å². The zero-order valence-corrected chi connectivity index (χ0v) is 12.1. The van der Waals surface area contributed by atoms with Crippen molar-refractivity contribution in [1.82, 2.24) is 5.32 Å². The van der Waals surface area contributed by atoms with Gasteiger partial charge in [0.2, 0.25) is 0 Å². The molecule has 0 radical (unpaired) electrons. The lowest BCUT2D eigenvalue weighted by Crippen LogP contribution is -2.28. The van der Waals surface area contributed by atoms with Crippen molar-refractivity contribution in [3.63, 3.8) is 0 Å². The van der Waals surface area contributed by atoms with E-state index in [1.165, 1.54) is 0 Å². The van der Waals surface area contributed by atoms with E-state index < -0.39 is 6.09 Å².